The summed E-state index contributed by atoms with van der Waals surface area (Å²) in [7, 11) is 0. The smallest absolute Gasteiger partial charge is 0.230 e. The molecule has 2 rings (SSSR count). The molecule has 0 aliphatic heterocycles. The highest BCUT2D eigenvalue weighted by atomic mass is 32.2. The third-order valence-corrected chi connectivity index (χ3v) is 4.41. The summed E-state index contributed by atoms with van der Waals surface area (Å²) in [5, 5.41) is 10.7. The zero-order valence-corrected chi connectivity index (χ0v) is 12.4. The van der Waals surface area contributed by atoms with Crippen LogP contribution in [-0.2, 0) is 11.2 Å². The highest BCUT2D eigenvalue weighted by Crippen LogP contribution is 2.23. The number of carbonyl (C=O) groups is 1. The van der Waals surface area contributed by atoms with Gasteiger partial charge >= 0.3 is 0 Å². The third kappa shape index (κ3) is 4.53. The molecule has 0 radical (unpaired) electrons. The number of hydrogen-bond donors (Lipinski definition) is 2. The van der Waals surface area contributed by atoms with Gasteiger partial charge in [-0.3, -0.25) is 9.89 Å². The van der Waals surface area contributed by atoms with E-state index in [2.05, 4.69) is 27.4 Å². The number of amides is 1. The van der Waals surface area contributed by atoms with Gasteiger partial charge in [0.15, 0.2) is 0 Å². The summed E-state index contributed by atoms with van der Waals surface area (Å²) in [6.45, 7) is 4.30. The Morgan fingerprint density at radius 3 is 2.79 bits per heavy atom. The number of aromatic amines is 1. The molecular formula is C13H22N4OS. The molecule has 1 aliphatic rings. The van der Waals surface area contributed by atoms with Crippen LogP contribution < -0.4 is 5.32 Å². The lowest BCUT2D eigenvalue weighted by Crippen LogP contribution is -2.38. The Morgan fingerprint density at radius 2 is 2.16 bits per heavy atom. The van der Waals surface area contributed by atoms with Crippen molar-refractivity contribution in [1.82, 2.24) is 20.5 Å². The number of aryl methyl sites for hydroxylation is 1. The normalized spacial score (nSPS) is 23.3. The van der Waals surface area contributed by atoms with E-state index in [1.165, 1.54) is 24.6 Å². The van der Waals surface area contributed by atoms with E-state index in [-0.39, 0.29) is 5.91 Å². The molecule has 2 N–H and O–H groups in total. The van der Waals surface area contributed by atoms with Crippen LogP contribution >= 0.6 is 11.8 Å². The van der Waals surface area contributed by atoms with E-state index in [0.717, 1.165) is 31.0 Å². The molecule has 0 aromatic carbocycles. The predicted octanol–water partition coefficient (Wildman–Crippen LogP) is 2.15. The topological polar surface area (TPSA) is 70.7 Å². The summed E-state index contributed by atoms with van der Waals surface area (Å²) < 4.78 is 0. The lowest BCUT2D eigenvalue weighted by Gasteiger charge is -2.26. The summed E-state index contributed by atoms with van der Waals surface area (Å²) in [6.07, 6.45) is 5.49. The van der Waals surface area contributed by atoms with Crippen molar-refractivity contribution in [2.24, 2.45) is 5.92 Å². The number of hydrogen-bond acceptors (Lipinski definition) is 4. The molecule has 0 atom stereocenters. The molecule has 19 heavy (non-hydrogen) atoms. The Kier molecular flexibility index (Phi) is 5.24. The first-order valence-corrected chi connectivity index (χ1v) is 7.99. The van der Waals surface area contributed by atoms with Gasteiger partial charge in [0.05, 0.1) is 5.75 Å². The van der Waals surface area contributed by atoms with Crippen molar-refractivity contribution >= 4 is 17.7 Å². The quantitative estimate of drug-likeness (QED) is 0.812. The minimum absolute atomic E-state index is 0.0902. The van der Waals surface area contributed by atoms with Crippen LogP contribution in [0.3, 0.4) is 0 Å². The number of aromatic nitrogens is 3. The number of rotatable bonds is 5. The Bertz CT molecular complexity index is 413. The zero-order chi connectivity index (χ0) is 13.7. The number of H-pyrrole nitrogens is 1. The van der Waals surface area contributed by atoms with E-state index in [1.807, 2.05) is 6.92 Å². The molecule has 1 aliphatic carbocycles. The fourth-order valence-electron chi connectivity index (χ4n) is 2.30. The van der Waals surface area contributed by atoms with Crippen molar-refractivity contribution in [3.8, 4) is 0 Å². The lowest BCUT2D eigenvalue weighted by atomic mass is 9.87. The molecule has 1 aromatic rings. The molecule has 0 bridgehead atoms. The second-order valence-corrected chi connectivity index (χ2v) is 6.17. The van der Waals surface area contributed by atoms with Crippen LogP contribution in [0, 0.1) is 5.92 Å². The third-order valence-electron chi connectivity index (χ3n) is 3.56. The van der Waals surface area contributed by atoms with Gasteiger partial charge < -0.3 is 5.32 Å². The van der Waals surface area contributed by atoms with E-state index < -0.39 is 0 Å². The first-order valence-electron chi connectivity index (χ1n) is 7.00. The molecule has 106 valence electrons. The van der Waals surface area contributed by atoms with Gasteiger partial charge in [-0.15, -0.1) is 5.10 Å². The monoisotopic (exact) mass is 282 g/mol. The maximum atomic E-state index is 11.8. The number of nitrogens with one attached hydrogen (secondary N) is 2. The molecule has 0 spiro atoms. The molecule has 1 fully saturated rings. The Morgan fingerprint density at radius 1 is 1.42 bits per heavy atom. The average Bonchev–Trinajstić information content (AvgIpc) is 2.87. The summed E-state index contributed by atoms with van der Waals surface area (Å²) in [4.78, 5) is 16.1. The largest absolute Gasteiger partial charge is 0.353 e. The standard InChI is InChI=1S/C13H22N4OS/c1-3-11-15-13(17-16-11)19-8-12(18)14-10-6-4-9(2)5-7-10/h9-10H,3-8H2,1-2H3,(H,14,18)(H,15,16,17). The van der Waals surface area contributed by atoms with Gasteiger partial charge in [0, 0.05) is 12.5 Å². The predicted molar refractivity (Wildman–Crippen MR) is 76.0 cm³/mol. The van der Waals surface area contributed by atoms with Gasteiger partial charge in [0.25, 0.3) is 0 Å². The van der Waals surface area contributed by atoms with E-state index in [4.69, 9.17) is 0 Å². The fraction of sp³-hybridized carbons (Fsp3) is 0.769. The van der Waals surface area contributed by atoms with Gasteiger partial charge in [-0.05, 0) is 31.6 Å². The SMILES string of the molecule is CCc1nc(SCC(=O)NC2CCC(C)CC2)n[nH]1. The highest BCUT2D eigenvalue weighted by Gasteiger charge is 2.19. The Balaban J connectivity index is 1.69. The molecule has 1 aromatic heterocycles. The average molecular weight is 282 g/mol. The van der Waals surface area contributed by atoms with Crippen molar-refractivity contribution in [2.75, 3.05) is 5.75 Å². The summed E-state index contributed by atoms with van der Waals surface area (Å²) in [5.41, 5.74) is 0. The maximum absolute atomic E-state index is 11.8. The van der Waals surface area contributed by atoms with E-state index in [9.17, 15) is 4.79 Å². The number of thioether (sulfide) groups is 1. The number of carbonyl (C=O) groups excluding carboxylic acids is 1. The van der Waals surface area contributed by atoms with Gasteiger partial charge in [-0.25, -0.2) is 4.98 Å². The van der Waals surface area contributed by atoms with Crippen LogP contribution in [-0.4, -0.2) is 32.9 Å². The van der Waals surface area contributed by atoms with E-state index in [0.29, 0.717) is 17.0 Å². The zero-order valence-electron chi connectivity index (χ0n) is 11.6. The van der Waals surface area contributed by atoms with Crippen molar-refractivity contribution < 1.29 is 4.79 Å². The molecular weight excluding hydrogens is 260 g/mol. The highest BCUT2D eigenvalue weighted by molar-refractivity contribution is 7.99. The summed E-state index contributed by atoms with van der Waals surface area (Å²) in [5.74, 6) is 2.16. The first kappa shape index (κ1) is 14.4. The van der Waals surface area contributed by atoms with Gasteiger partial charge in [0.1, 0.15) is 5.82 Å². The summed E-state index contributed by atoms with van der Waals surface area (Å²) in [6, 6.07) is 0.364. The van der Waals surface area contributed by atoms with Crippen molar-refractivity contribution in [3.05, 3.63) is 5.82 Å². The van der Waals surface area contributed by atoms with Crippen molar-refractivity contribution in [1.29, 1.82) is 0 Å². The van der Waals surface area contributed by atoms with Crippen LogP contribution in [0.15, 0.2) is 5.16 Å². The van der Waals surface area contributed by atoms with Crippen LogP contribution in [0.5, 0.6) is 0 Å². The molecule has 5 nitrogen and oxygen atoms in total. The maximum Gasteiger partial charge on any atom is 0.230 e. The molecule has 6 heteroatoms. The summed E-state index contributed by atoms with van der Waals surface area (Å²) >= 11 is 1.39. The van der Waals surface area contributed by atoms with Gasteiger partial charge in [0.2, 0.25) is 11.1 Å². The van der Waals surface area contributed by atoms with Crippen LogP contribution in [0.2, 0.25) is 0 Å². The second kappa shape index (κ2) is 6.93. The van der Waals surface area contributed by atoms with E-state index >= 15 is 0 Å². The van der Waals surface area contributed by atoms with Crippen LogP contribution in [0.4, 0.5) is 0 Å². The van der Waals surface area contributed by atoms with Crippen LogP contribution in [0.25, 0.3) is 0 Å². The molecule has 0 unspecified atom stereocenters. The van der Waals surface area contributed by atoms with Gasteiger partial charge in [-0.2, -0.15) is 0 Å². The Labute approximate surface area is 118 Å². The fourth-order valence-corrected chi connectivity index (χ4v) is 2.93. The molecule has 1 heterocycles. The minimum Gasteiger partial charge on any atom is -0.353 e. The number of nitrogens with zero attached hydrogens (tertiary/aromatic N) is 2. The van der Waals surface area contributed by atoms with Gasteiger partial charge in [-0.1, -0.05) is 25.6 Å². The molecule has 1 amide bonds. The Hall–Kier alpha value is -1.04. The second-order valence-electron chi connectivity index (χ2n) is 5.23. The van der Waals surface area contributed by atoms with Crippen molar-refractivity contribution in [2.45, 2.75) is 57.1 Å². The lowest BCUT2D eigenvalue weighted by molar-refractivity contribution is -0.119. The molecule has 1 saturated carbocycles. The first-order chi connectivity index (χ1) is 9.17. The van der Waals surface area contributed by atoms with E-state index in [1.54, 1.807) is 0 Å². The van der Waals surface area contributed by atoms with Crippen molar-refractivity contribution in [3.63, 3.8) is 0 Å². The molecule has 0 saturated heterocycles. The van der Waals surface area contributed by atoms with Crippen LogP contribution in [0.1, 0.15) is 45.4 Å². The minimum atomic E-state index is 0.0902.